The van der Waals surface area contributed by atoms with Crippen LogP contribution in [0.1, 0.15) is 29.4 Å². The van der Waals surface area contributed by atoms with Gasteiger partial charge in [0, 0.05) is 25.0 Å². The van der Waals surface area contributed by atoms with Crippen LogP contribution in [0.3, 0.4) is 0 Å². The second-order valence-corrected chi connectivity index (χ2v) is 9.58. The summed E-state index contributed by atoms with van der Waals surface area (Å²) in [5.41, 5.74) is 1.24. The molecule has 0 aliphatic rings. The zero-order chi connectivity index (χ0) is 28.5. The Kier molecular flexibility index (Phi) is 9.88. The maximum atomic E-state index is 13.2. The quantitative estimate of drug-likeness (QED) is 0.255. The molecule has 4 rings (SSSR count). The number of nitrogens with one attached hydrogen (secondary N) is 2. The van der Waals surface area contributed by atoms with Crippen LogP contribution in [0.15, 0.2) is 77.6 Å². The highest BCUT2D eigenvalue weighted by Crippen LogP contribution is 2.26. The summed E-state index contributed by atoms with van der Waals surface area (Å²) in [7, 11) is 1.49. The zero-order valence-corrected chi connectivity index (χ0v) is 23.3. The molecule has 0 saturated carbocycles. The molecule has 0 unspecified atom stereocenters. The normalized spacial score (nSPS) is 11.0. The topological polar surface area (TPSA) is 106 Å². The van der Waals surface area contributed by atoms with E-state index in [4.69, 9.17) is 16.3 Å². The number of aromatic nitrogens is 2. The molecule has 208 valence electrons. The Bertz CT molecular complexity index is 1540. The van der Waals surface area contributed by atoms with Crippen molar-refractivity contribution in [3.63, 3.8) is 0 Å². The molecule has 0 saturated heterocycles. The fourth-order valence-electron chi connectivity index (χ4n) is 4.35. The summed E-state index contributed by atoms with van der Waals surface area (Å²) in [6.07, 6.45) is 0.780. The lowest BCUT2D eigenvalue weighted by atomic mass is 10.1. The van der Waals surface area contributed by atoms with Gasteiger partial charge in [0.2, 0.25) is 5.91 Å². The fraction of sp³-hybridized carbons (Fsp3) is 0.267. The Hall–Kier alpha value is -4.21. The molecule has 0 atom stereocenters. The van der Waals surface area contributed by atoms with Crippen LogP contribution < -0.4 is 20.9 Å². The predicted molar refractivity (Wildman–Crippen MR) is 156 cm³/mol. The van der Waals surface area contributed by atoms with Gasteiger partial charge in [-0.15, -0.1) is 0 Å². The van der Waals surface area contributed by atoms with E-state index in [1.54, 1.807) is 36.4 Å². The summed E-state index contributed by atoms with van der Waals surface area (Å²) in [5.74, 6) is -0.430. The third-order valence-electron chi connectivity index (χ3n) is 6.48. The highest BCUT2D eigenvalue weighted by molar-refractivity contribution is 6.32. The molecule has 0 aliphatic carbocycles. The molecule has 9 nitrogen and oxygen atoms in total. The largest absolute Gasteiger partial charge is 0.495 e. The minimum absolute atomic E-state index is 0.0226. The molecule has 0 aliphatic heterocycles. The predicted octanol–water partition coefficient (Wildman–Crippen LogP) is 3.81. The van der Waals surface area contributed by atoms with E-state index < -0.39 is 11.5 Å². The van der Waals surface area contributed by atoms with E-state index in [-0.39, 0.29) is 18.1 Å². The Morgan fingerprint density at radius 1 is 1.00 bits per heavy atom. The van der Waals surface area contributed by atoms with Gasteiger partial charge in [-0.25, -0.2) is 0 Å². The molecule has 3 aromatic carbocycles. The fourth-order valence-corrected chi connectivity index (χ4v) is 4.60. The third kappa shape index (κ3) is 7.05. The first-order valence-electron chi connectivity index (χ1n) is 13.1. The van der Waals surface area contributed by atoms with Crippen molar-refractivity contribution < 1.29 is 14.3 Å². The van der Waals surface area contributed by atoms with Crippen LogP contribution in [-0.2, 0) is 11.3 Å². The van der Waals surface area contributed by atoms with Gasteiger partial charge in [0.25, 0.3) is 11.5 Å². The smallest absolute Gasteiger partial charge is 0.279 e. The summed E-state index contributed by atoms with van der Waals surface area (Å²) in [5, 5.41) is 10.8. The van der Waals surface area contributed by atoms with Crippen LogP contribution in [0.2, 0.25) is 5.02 Å². The average Bonchev–Trinajstić information content (AvgIpc) is 2.98. The van der Waals surface area contributed by atoms with Gasteiger partial charge in [0.15, 0.2) is 5.69 Å². The Morgan fingerprint density at radius 3 is 2.42 bits per heavy atom. The molecule has 0 fully saturated rings. The molecule has 0 bridgehead atoms. The standard InChI is InChI=1S/C30H32ClN5O4/c1-3-35(20-21-10-5-4-6-11-21)17-9-16-32-27(37)19-33-29(38)28-23-12-7-8-13-24(23)30(39)36(34-28)22-14-15-26(40-2)25(31)18-22/h4-8,10-15,18H,3,9,16-17,19-20H2,1-2H3,(H,32,37)(H,33,38). The van der Waals surface area contributed by atoms with Crippen molar-refractivity contribution in [1.29, 1.82) is 0 Å². The number of nitrogens with zero attached hydrogens (tertiary/aromatic N) is 3. The van der Waals surface area contributed by atoms with Crippen molar-refractivity contribution >= 4 is 34.2 Å². The molecule has 40 heavy (non-hydrogen) atoms. The number of halogens is 1. The highest BCUT2D eigenvalue weighted by atomic mass is 35.5. The number of hydrogen-bond acceptors (Lipinski definition) is 6. The van der Waals surface area contributed by atoms with Crippen molar-refractivity contribution in [3.05, 3.63) is 99.4 Å². The number of methoxy groups -OCH3 is 1. The molecule has 10 heteroatoms. The van der Waals surface area contributed by atoms with Gasteiger partial charge in [-0.1, -0.05) is 67.1 Å². The van der Waals surface area contributed by atoms with Gasteiger partial charge in [0.05, 0.1) is 29.8 Å². The molecule has 0 spiro atoms. The number of amides is 2. The Morgan fingerprint density at radius 2 is 1.73 bits per heavy atom. The first-order valence-corrected chi connectivity index (χ1v) is 13.5. The van der Waals surface area contributed by atoms with Gasteiger partial charge in [-0.2, -0.15) is 9.78 Å². The van der Waals surface area contributed by atoms with Crippen LogP contribution in [0, 0.1) is 0 Å². The number of carbonyl (C=O) groups is 2. The lowest BCUT2D eigenvalue weighted by Crippen LogP contribution is -2.39. The lowest BCUT2D eigenvalue weighted by molar-refractivity contribution is -0.120. The maximum absolute atomic E-state index is 13.2. The van der Waals surface area contributed by atoms with E-state index in [1.165, 1.54) is 18.7 Å². The van der Waals surface area contributed by atoms with Crippen molar-refractivity contribution in [2.24, 2.45) is 0 Å². The first-order chi connectivity index (χ1) is 19.4. The van der Waals surface area contributed by atoms with E-state index >= 15 is 0 Å². The molecule has 2 N–H and O–H groups in total. The number of benzene rings is 3. The number of carbonyl (C=O) groups excluding carboxylic acids is 2. The molecule has 0 radical (unpaired) electrons. The Balaban J connectivity index is 1.38. The minimum atomic E-state index is -0.570. The summed E-state index contributed by atoms with van der Waals surface area (Å²) < 4.78 is 6.31. The zero-order valence-electron chi connectivity index (χ0n) is 22.5. The van der Waals surface area contributed by atoms with Gasteiger partial charge in [-0.05, 0) is 42.8 Å². The first kappa shape index (κ1) is 28.8. The molecule has 1 heterocycles. The molecule has 4 aromatic rings. The third-order valence-corrected chi connectivity index (χ3v) is 6.77. The molecular formula is C30H32ClN5O4. The van der Waals surface area contributed by atoms with Gasteiger partial charge >= 0.3 is 0 Å². The second-order valence-electron chi connectivity index (χ2n) is 9.17. The van der Waals surface area contributed by atoms with Crippen LogP contribution in [-0.4, -0.2) is 59.8 Å². The van der Waals surface area contributed by atoms with E-state index in [0.717, 1.165) is 30.7 Å². The summed E-state index contributed by atoms with van der Waals surface area (Å²) in [6, 6.07) is 21.8. The summed E-state index contributed by atoms with van der Waals surface area (Å²) in [6.45, 7) is 4.98. The van der Waals surface area contributed by atoms with Crippen LogP contribution in [0.5, 0.6) is 5.75 Å². The van der Waals surface area contributed by atoms with Crippen LogP contribution >= 0.6 is 11.6 Å². The lowest BCUT2D eigenvalue weighted by Gasteiger charge is -2.20. The molecular weight excluding hydrogens is 530 g/mol. The molecule has 2 amide bonds. The SMILES string of the molecule is CCN(CCCNC(=O)CNC(=O)c1nn(-c2ccc(OC)c(Cl)c2)c(=O)c2ccccc12)Cc1ccccc1. The van der Waals surface area contributed by atoms with Crippen molar-refractivity contribution in [3.8, 4) is 11.4 Å². The number of fused-ring (bicyclic) bond motifs is 1. The average molecular weight is 562 g/mol. The van der Waals surface area contributed by atoms with E-state index in [2.05, 4.69) is 39.7 Å². The van der Waals surface area contributed by atoms with Crippen molar-refractivity contribution in [2.45, 2.75) is 19.9 Å². The Labute approximate surface area is 237 Å². The second kappa shape index (κ2) is 13.7. The minimum Gasteiger partial charge on any atom is -0.495 e. The molecule has 1 aromatic heterocycles. The van der Waals surface area contributed by atoms with Gasteiger partial charge in [-0.3, -0.25) is 19.3 Å². The summed E-state index contributed by atoms with van der Waals surface area (Å²) >= 11 is 6.26. The van der Waals surface area contributed by atoms with Crippen LogP contribution in [0.4, 0.5) is 0 Å². The number of rotatable bonds is 12. The van der Waals surface area contributed by atoms with Crippen LogP contribution in [0.25, 0.3) is 16.5 Å². The number of hydrogen-bond donors (Lipinski definition) is 2. The van der Waals surface area contributed by atoms with E-state index in [0.29, 0.717) is 33.8 Å². The van der Waals surface area contributed by atoms with Gasteiger partial charge < -0.3 is 15.4 Å². The number of ether oxygens (including phenoxy) is 1. The van der Waals surface area contributed by atoms with E-state index in [9.17, 15) is 14.4 Å². The van der Waals surface area contributed by atoms with Gasteiger partial charge in [0.1, 0.15) is 5.75 Å². The van der Waals surface area contributed by atoms with E-state index in [1.807, 2.05) is 18.2 Å². The maximum Gasteiger partial charge on any atom is 0.279 e. The monoisotopic (exact) mass is 561 g/mol. The highest BCUT2D eigenvalue weighted by Gasteiger charge is 2.18. The van der Waals surface area contributed by atoms with Crippen molar-refractivity contribution in [2.75, 3.05) is 33.3 Å². The summed E-state index contributed by atoms with van der Waals surface area (Å²) in [4.78, 5) is 41.1. The van der Waals surface area contributed by atoms with Crippen molar-refractivity contribution in [1.82, 2.24) is 25.3 Å².